The number of carboxylic acids is 1. The van der Waals surface area contributed by atoms with Crippen LogP contribution in [-0.2, 0) is 4.79 Å². The Bertz CT molecular complexity index is 880. The molecule has 0 bridgehead atoms. The Hall–Kier alpha value is -3.33. The molecule has 146 valence electrons. The van der Waals surface area contributed by atoms with E-state index in [1.54, 1.807) is 24.3 Å². The Morgan fingerprint density at radius 2 is 1.61 bits per heavy atom. The van der Waals surface area contributed by atoms with Gasteiger partial charge in [0.25, 0.3) is 5.91 Å². The summed E-state index contributed by atoms with van der Waals surface area (Å²) >= 11 is 0. The molecule has 2 aromatic rings. The molecule has 3 N–H and O–H groups in total. The van der Waals surface area contributed by atoms with Gasteiger partial charge in [-0.3, -0.25) is 14.5 Å². The number of nitrogens with zero attached hydrogens (tertiary/aromatic N) is 3. The zero-order valence-corrected chi connectivity index (χ0v) is 15.2. The van der Waals surface area contributed by atoms with Gasteiger partial charge in [0, 0.05) is 23.8 Å². The van der Waals surface area contributed by atoms with Crippen molar-refractivity contribution in [1.82, 2.24) is 14.9 Å². The van der Waals surface area contributed by atoms with E-state index in [-0.39, 0.29) is 11.6 Å². The first-order valence-electron chi connectivity index (χ1n) is 9.01. The monoisotopic (exact) mass is 383 g/mol. The van der Waals surface area contributed by atoms with Crippen molar-refractivity contribution >= 4 is 29.2 Å². The number of carbonyl (C=O) groups excluding carboxylic acids is 2. The number of rotatable bonds is 6. The van der Waals surface area contributed by atoms with Gasteiger partial charge in [-0.1, -0.05) is 12.5 Å². The van der Waals surface area contributed by atoms with Crippen LogP contribution in [0.4, 0.5) is 11.4 Å². The van der Waals surface area contributed by atoms with Gasteiger partial charge in [-0.25, -0.2) is 14.8 Å². The molecule has 0 unspecified atom stereocenters. The first-order chi connectivity index (χ1) is 13.5. The van der Waals surface area contributed by atoms with Gasteiger partial charge in [-0.2, -0.15) is 0 Å². The molecule has 1 saturated heterocycles. The standard InChI is InChI=1S/C19H21N5O4/c25-15(12-24-9-2-1-3-10-24)22-13-5-4-6-14(11-13)23-18(26)16-17(19(27)28)21-8-7-20-16/h4-8,11H,1-3,9-10,12H2,(H,22,25)(H,23,26)(H,27,28). The van der Waals surface area contributed by atoms with E-state index in [1.807, 2.05) is 0 Å². The van der Waals surface area contributed by atoms with E-state index in [2.05, 4.69) is 25.5 Å². The van der Waals surface area contributed by atoms with E-state index in [1.165, 1.54) is 18.8 Å². The molecule has 1 fully saturated rings. The van der Waals surface area contributed by atoms with Gasteiger partial charge in [0.1, 0.15) is 0 Å². The minimum atomic E-state index is -1.34. The predicted octanol–water partition coefficient (Wildman–Crippen LogP) is 1.85. The lowest BCUT2D eigenvalue weighted by atomic mass is 10.1. The van der Waals surface area contributed by atoms with Crippen LogP contribution < -0.4 is 10.6 Å². The Morgan fingerprint density at radius 3 is 2.29 bits per heavy atom. The smallest absolute Gasteiger partial charge is 0.356 e. The Labute approximate surface area is 161 Å². The SMILES string of the molecule is O=C(CN1CCCCC1)Nc1cccc(NC(=O)c2nccnc2C(=O)O)c1. The molecule has 1 aromatic carbocycles. The third-order valence-corrected chi connectivity index (χ3v) is 4.34. The lowest BCUT2D eigenvalue weighted by Gasteiger charge is -2.25. The third kappa shape index (κ3) is 5.10. The average molecular weight is 383 g/mol. The number of hydrogen-bond acceptors (Lipinski definition) is 6. The Kier molecular flexibility index (Phi) is 6.28. The van der Waals surface area contributed by atoms with Gasteiger partial charge in [-0.05, 0) is 44.1 Å². The van der Waals surface area contributed by atoms with Crippen LogP contribution in [0.1, 0.15) is 40.2 Å². The summed E-state index contributed by atoms with van der Waals surface area (Å²) in [6, 6.07) is 6.63. The molecule has 1 aliphatic rings. The summed E-state index contributed by atoms with van der Waals surface area (Å²) in [6.45, 7) is 2.18. The van der Waals surface area contributed by atoms with Crippen molar-refractivity contribution in [3.05, 3.63) is 48.0 Å². The van der Waals surface area contributed by atoms with Crippen molar-refractivity contribution in [2.24, 2.45) is 0 Å². The maximum absolute atomic E-state index is 12.4. The van der Waals surface area contributed by atoms with E-state index < -0.39 is 17.6 Å². The second-order valence-corrected chi connectivity index (χ2v) is 6.48. The summed E-state index contributed by atoms with van der Waals surface area (Å²) in [6.07, 6.45) is 5.87. The van der Waals surface area contributed by atoms with Crippen LogP contribution in [0, 0.1) is 0 Å². The predicted molar refractivity (Wildman–Crippen MR) is 102 cm³/mol. The molecule has 1 aliphatic heterocycles. The fourth-order valence-corrected chi connectivity index (χ4v) is 3.05. The van der Waals surface area contributed by atoms with E-state index in [0.29, 0.717) is 17.9 Å². The van der Waals surface area contributed by atoms with E-state index in [0.717, 1.165) is 25.9 Å². The second-order valence-electron chi connectivity index (χ2n) is 6.48. The second kappa shape index (κ2) is 9.05. The molecule has 2 heterocycles. The normalized spacial score (nSPS) is 14.3. The van der Waals surface area contributed by atoms with Crippen LogP contribution in [0.5, 0.6) is 0 Å². The molecule has 0 spiro atoms. The quantitative estimate of drug-likeness (QED) is 0.695. The molecule has 3 rings (SSSR count). The number of hydrogen-bond donors (Lipinski definition) is 3. The van der Waals surface area contributed by atoms with E-state index in [9.17, 15) is 14.4 Å². The van der Waals surface area contributed by atoms with Crippen molar-refractivity contribution in [1.29, 1.82) is 0 Å². The third-order valence-electron chi connectivity index (χ3n) is 4.34. The zero-order chi connectivity index (χ0) is 19.9. The first kappa shape index (κ1) is 19.4. The molecular weight excluding hydrogens is 362 g/mol. The summed E-state index contributed by atoms with van der Waals surface area (Å²) < 4.78 is 0. The van der Waals surface area contributed by atoms with Crippen molar-refractivity contribution < 1.29 is 19.5 Å². The van der Waals surface area contributed by atoms with E-state index in [4.69, 9.17) is 5.11 Å². The first-order valence-corrected chi connectivity index (χ1v) is 9.01. The molecule has 1 aromatic heterocycles. The van der Waals surface area contributed by atoms with Gasteiger partial charge in [0.2, 0.25) is 5.91 Å². The minimum absolute atomic E-state index is 0.118. The molecule has 2 amide bonds. The summed E-state index contributed by atoms with van der Waals surface area (Å²) in [4.78, 5) is 45.4. The van der Waals surface area contributed by atoms with Crippen LogP contribution >= 0.6 is 0 Å². The van der Waals surface area contributed by atoms with Crippen LogP contribution in [0.2, 0.25) is 0 Å². The highest BCUT2D eigenvalue weighted by Gasteiger charge is 2.19. The van der Waals surface area contributed by atoms with Gasteiger partial charge in [-0.15, -0.1) is 0 Å². The largest absolute Gasteiger partial charge is 0.476 e. The van der Waals surface area contributed by atoms with Crippen LogP contribution in [0.25, 0.3) is 0 Å². The topological polar surface area (TPSA) is 125 Å². The summed E-state index contributed by atoms with van der Waals surface area (Å²) in [5.41, 5.74) is 0.237. The van der Waals surface area contributed by atoms with Gasteiger partial charge < -0.3 is 15.7 Å². The lowest BCUT2D eigenvalue weighted by molar-refractivity contribution is -0.117. The zero-order valence-electron chi connectivity index (χ0n) is 15.2. The highest BCUT2D eigenvalue weighted by molar-refractivity contribution is 6.08. The highest BCUT2D eigenvalue weighted by atomic mass is 16.4. The fourth-order valence-electron chi connectivity index (χ4n) is 3.05. The minimum Gasteiger partial charge on any atom is -0.476 e. The number of benzene rings is 1. The maximum Gasteiger partial charge on any atom is 0.356 e. The number of carbonyl (C=O) groups is 3. The number of aromatic carboxylic acids is 1. The maximum atomic E-state index is 12.4. The van der Waals surface area contributed by atoms with Crippen molar-refractivity contribution in [2.45, 2.75) is 19.3 Å². The molecular formula is C19H21N5O4. The fraction of sp³-hybridized carbons (Fsp3) is 0.316. The number of aromatic nitrogens is 2. The van der Waals surface area contributed by atoms with Crippen molar-refractivity contribution in [3.8, 4) is 0 Å². The van der Waals surface area contributed by atoms with E-state index >= 15 is 0 Å². The van der Waals surface area contributed by atoms with Crippen molar-refractivity contribution in [3.63, 3.8) is 0 Å². The average Bonchev–Trinajstić information content (AvgIpc) is 2.69. The Morgan fingerprint density at radius 1 is 0.964 bits per heavy atom. The highest BCUT2D eigenvalue weighted by Crippen LogP contribution is 2.17. The molecule has 0 atom stereocenters. The number of carboxylic acid groups (broad SMARTS) is 1. The van der Waals surface area contributed by atoms with Crippen LogP contribution in [-0.4, -0.2) is 57.4 Å². The van der Waals surface area contributed by atoms with Crippen molar-refractivity contribution in [2.75, 3.05) is 30.3 Å². The van der Waals surface area contributed by atoms with Gasteiger partial charge in [0.05, 0.1) is 6.54 Å². The molecule has 28 heavy (non-hydrogen) atoms. The molecule has 0 saturated carbocycles. The number of piperidine rings is 1. The van der Waals surface area contributed by atoms with Crippen LogP contribution in [0.15, 0.2) is 36.7 Å². The summed E-state index contributed by atoms with van der Waals surface area (Å²) in [5, 5.41) is 14.5. The molecule has 0 aliphatic carbocycles. The molecule has 9 nitrogen and oxygen atoms in total. The Balaban J connectivity index is 1.64. The number of amides is 2. The lowest BCUT2D eigenvalue weighted by Crippen LogP contribution is -2.36. The number of anilines is 2. The van der Waals surface area contributed by atoms with Gasteiger partial charge in [0.15, 0.2) is 11.4 Å². The number of likely N-dealkylation sites (tertiary alicyclic amines) is 1. The summed E-state index contributed by atoms with van der Waals surface area (Å²) in [5.74, 6) is -2.15. The van der Waals surface area contributed by atoms with Crippen LogP contribution in [0.3, 0.4) is 0 Å². The molecule has 0 radical (unpaired) electrons. The molecule has 9 heteroatoms. The summed E-state index contributed by atoms with van der Waals surface area (Å²) in [7, 11) is 0. The van der Waals surface area contributed by atoms with Gasteiger partial charge >= 0.3 is 5.97 Å². The number of nitrogens with one attached hydrogen (secondary N) is 2.